The van der Waals surface area contributed by atoms with Gasteiger partial charge in [-0.25, -0.2) is 4.39 Å². The highest BCUT2D eigenvalue weighted by Crippen LogP contribution is 2.16. The highest BCUT2D eigenvalue weighted by atomic mass is 32.1. The molecule has 0 aliphatic carbocycles. The van der Waals surface area contributed by atoms with Gasteiger partial charge in [-0.3, -0.25) is 0 Å². The number of rotatable bonds is 6. The van der Waals surface area contributed by atoms with Crippen LogP contribution in [0.1, 0.15) is 19.4 Å². The van der Waals surface area contributed by atoms with Gasteiger partial charge in [-0.1, -0.05) is 12.2 Å². The Balaban J connectivity index is 2.50. The van der Waals surface area contributed by atoms with Crippen molar-refractivity contribution in [3.8, 4) is 5.75 Å². The average Bonchev–Trinajstić information content (AvgIpc) is 2.23. The Labute approximate surface area is 106 Å². The predicted octanol–water partition coefficient (Wildman–Crippen LogP) is 2.26. The van der Waals surface area contributed by atoms with Gasteiger partial charge in [-0.2, -0.15) is 0 Å². The summed E-state index contributed by atoms with van der Waals surface area (Å²) >= 11 is 4.70. The fourth-order valence-corrected chi connectivity index (χ4v) is 1.39. The topological polar surface area (TPSA) is 44.5 Å². The number of hydrogen-bond donors (Lipinski definition) is 1. The van der Waals surface area contributed by atoms with Crippen LogP contribution in [0.2, 0.25) is 0 Å². The summed E-state index contributed by atoms with van der Waals surface area (Å²) in [5, 5.41) is 0. The van der Waals surface area contributed by atoms with Crippen LogP contribution in [-0.4, -0.2) is 24.3 Å². The van der Waals surface area contributed by atoms with Gasteiger partial charge in [0.1, 0.15) is 23.2 Å². The molecule has 0 heterocycles. The number of halogens is 1. The molecule has 0 unspecified atom stereocenters. The summed E-state index contributed by atoms with van der Waals surface area (Å²) in [6, 6.07) is 4.41. The van der Waals surface area contributed by atoms with Crippen molar-refractivity contribution in [1.82, 2.24) is 0 Å². The maximum atomic E-state index is 13.5. The standard InChI is InChI=1S/C12H16FNO2S/c1-8(2)15-5-6-16-9-3-4-10(12(14)17)11(13)7-9/h3-4,7-8H,5-6H2,1-2H3,(H2,14,17). The Bertz CT molecular complexity index is 396. The molecule has 17 heavy (non-hydrogen) atoms. The van der Waals surface area contributed by atoms with Crippen molar-refractivity contribution < 1.29 is 13.9 Å². The van der Waals surface area contributed by atoms with E-state index >= 15 is 0 Å². The first kappa shape index (κ1) is 13.9. The van der Waals surface area contributed by atoms with Gasteiger partial charge in [0, 0.05) is 11.6 Å². The molecule has 1 aromatic carbocycles. The molecule has 0 spiro atoms. The molecule has 3 nitrogen and oxygen atoms in total. The normalized spacial score (nSPS) is 10.6. The fourth-order valence-electron chi connectivity index (χ4n) is 1.23. The minimum Gasteiger partial charge on any atom is -0.491 e. The van der Waals surface area contributed by atoms with Crippen molar-refractivity contribution in [3.63, 3.8) is 0 Å². The van der Waals surface area contributed by atoms with E-state index < -0.39 is 5.82 Å². The zero-order valence-electron chi connectivity index (χ0n) is 9.90. The van der Waals surface area contributed by atoms with Crippen LogP contribution in [0.3, 0.4) is 0 Å². The molecular weight excluding hydrogens is 241 g/mol. The van der Waals surface area contributed by atoms with Crippen molar-refractivity contribution in [2.45, 2.75) is 20.0 Å². The summed E-state index contributed by atoms with van der Waals surface area (Å²) in [5.41, 5.74) is 5.58. The van der Waals surface area contributed by atoms with Crippen LogP contribution in [0.4, 0.5) is 4.39 Å². The molecule has 0 radical (unpaired) electrons. The van der Waals surface area contributed by atoms with E-state index in [0.717, 1.165) is 0 Å². The summed E-state index contributed by atoms with van der Waals surface area (Å²) < 4.78 is 24.1. The van der Waals surface area contributed by atoms with E-state index in [1.165, 1.54) is 12.1 Å². The van der Waals surface area contributed by atoms with Gasteiger partial charge in [0.25, 0.3) is 0 Å². The van der Waals surface area contributed by atoms with Crippen LogP contribution in [0.15, 0.2) is 18.2 Å². The summed E-state index contributed by atoms with van der Waals surface area (Å²) in [7, 11) is 0. The van der Waals surface area contributed by atoms with Gasteiger partial charge in [0.15, 0.2) is 0 Å². The molecule has 0 amide bonds. The average molecular weight is 257 g/mol. The van der Waals surface area contributed by atoms with Gasteiger partial charge in [0.05, 0.1) is 12.7 Å². The van der Waals surface area contributed by atoms with Crippen LogP contribution < -0.4 is 10.5 Å². The predicted molar refractivity (Wildman–Crippen MR) is 68.9 cm³/mol. The second kappa shape index (κ2) is 6.51. The molecular formula is C12H16FNO2S. The monoisotopic (exact) mass is 257 g/mol. The molecule has 0 saturated heterocycles. The minimum absolute atomic E-state index is 0.0391. The van der Waals surface area contributed by atoms with Crippen LogP contribution >= 0.6 is 12.2 Å². The summed E-state index contributed by atoms with van der Waals surface area (Å²) in [4.78, 5) is 0.0391. The molecule has 5 heteroatoms. The Morgan fingerprint density at radius 2 is 2.12 bits per heavy atom. The molecule has 0 aliphatic rings. The summed E-state index contributed by atoms with van der Waals surface area (Å²) in [6.45, 7) is 4.73. The number of thiocarbonyl (C=S) groups is 1. The van der Waals surface area contributed by atoms with E-state index in [1.54, 1.807) is 6.07 Å². The lowest BCUT2D eigenvalue weighted by Gasteiger charge is -2.10. The molecule has 1 rings (SSSR count). The van der Waals surface area contributed by atoms with E-state index in [1.807, 2.05) is 13.8 Å². The quantitative estimate of drug-likeness (QED) is 0.627. The summed E-state index contributed by atoms with van der Waals surface area (Å²) in [5.74, 6) is -0.0327. The van der Waals surface area contributed by atoms with E-state index in [2.05, 4.69) is 0 Å². The molecule has 0 saturated carbocycles. The SMILES string of the molecule is CC(C)OCCOc1ccc(C(N)=S)c(F)c1. The van der Waals surface area contributed by atoms with E-state index in [9.17, 15) is 4.39 Å². The van der Waals surface area contributed by atoms with E-state index in [-0.39, 0.29) is 16.7 Å². The van der Waals surface area contributed by atoms with Gasteiger partial charge in [-0.05, 0) is 26.0 Å². The molecule has 2 N–H and O–H groups in total. The Hall–Kier alpha value is -1.20. The first-order chi connectivity index (χ1) is 8.00. The maximum absolute atomic E-state index is 13.5. The van der Waals surface area contributed by atoms with E-state index in [4.69, 9.17) is 27.4 Å². The molecule has 0 aliphatic heterocycles. The number of hydrogen-bond acceptors (Lipinski definition) is 3. The van der Waals surface area contributed by atoms with Crippen molar-refractivity contribution in [1.29, 1.82) is 0 Å². The molecule has 0 fully saturated rings. The van der Waals surface area contributed by atoms with Gasteiger partial charge < -0.3 is 15.2 Å². The zero-order chi connectivity index (χ0) is 12.8. The Morgan fingerprint density at radius 1 is 1.41 bits per heavy atom. The van der Waals surface area contributed by atoms with Gasteiger partial charge in [-0.15, -0.1) is 0 Å². The number of nitrogens with two attached hydrogens (primary N) is 1. The lowest BCUT2D eigenvalue weighted by molar-refractivity contribution is 0.0552. The highest BCUT2D eigenvalue weighted by Gasteiger charge is 2.06. The largest absolute Gasteiger partial charge is 0.491 e. The smallest absolute Gasteiger partial charge is 0.137 e. The molecule has 0 atom stereocenters. The molecule has 94 valence electrons. The zero-order valence-corrected chi connectivity index (χ0v) is 10.7. The second-order valence-electron chi connectivity index (χ2n) is 3.77. The van der Waals surface area contributed by atoms with Crippen molar-refractivity contribution >= 4 is 17.2 Å². The van der Waals surface area contributed by atoms with Crippen molar-refractivity contribution in [3.05, 3.63) is 29.6 Å². The first-order valence-electron chi connectivity index (χ1n) is 5.34. The lowest BCUT2D eigenvalue weighted by atomic mass is 10.2. The van der Waals surface area contributed by atoms with Crippen LogP contribution in [0.5, 0.6) is 5.75 Å². The van der Waals surface area contributed by atoms with Crippen LogP contribution in [0.25, 0.3) is 0 Å². The second-order valence-corrected chi connectivity index (χ2v) is 4.21. The maximum Gasteiger partial charge on any atom is 0.137 e. The third-order valence-electron chi connectivity index (χ3n) is 2.01. The van der Waals surface area contributed by atoms with Gasteiger partial charge >= 0.3 is 0 Å². The van der Waals surface area contributed by atoms with Crippen molar-refractivity contribution in [2.24, 2.45) is 5.73 Å². The summed E-state index contributed by atoms with van der Waals surface area (Å²) in [6.07, 6.45) is 0.160. The number of benzene rings is 1. The highest BCUT2D eigenvalue weighted by molar-refractivity contribution is 7.80. The van der Waals surface area contributed by atoms with Crippen LogP contribution in [0, 0.1) is 5.82 Å². The first-order valence-corrected chi connectivity index (χ1v) is 5.75. The van der Waals surface area contributed by atoms with Gasteiger partial charge in [0.2, 0.25) is 0 Å². The van der Waals surface area contributed by atoms with Crippen molar-refractivity contribution in [2.75, 3.05) is 13.2 Å². The molecule has 0 bridgehead atoms. The lowest BCUT2D eigenvalue weighted by Crippen LogP contribution is -2.13. The molecule has 0 aromatic heterocycles. The third-order valence-corrected chi connectivity index (χ3v) is 2.23. The molecule has 1 aromatic rings. The third kappa shape index (κ3) is 4.66. The Morgan fingerprint density at radius 3 is 2.65 bits per heavy atom. The number of ether oxygens (including phenoxy) is 2. The Kier molecular flexibility index (Phi) is 5.31. The van der Waals surface area contributed by atoms with Crippen LogP contribution in [-0.2, 0) is 4.74 Å². The van der Waals surface area contributed by atoms with E-state index in [0.29, 0.717) is 19.0 Å². The fraction of sp³-hybridized carbons (Fsp3) is 0.417. The minimum atomic E-state index is -0.472.